The molecule has 1 aliphatic heterocycles. The van der Waals surface area contributed by atoms with Crippen molar-refractivity contribution in [3.05, 3.63) is 60.0 Å². The van der Waals surface area contributed by atoms with Crippen molar-refractivity contribution in [2.45, 2.75) is 31.2 Å². The third kappa shape index (κ3) is 3.42. The van der Waals surface area contributed by atoms with Crippen LogP contribution in [0.2, 0.25) is 0 Å². The number of piperidine rings is 1. The van der Waals surface area contributed by atoms with Crippen LogP contribution >= 0.6 is 0 Å². The van der Waals surface area contributed by atoms with E-state index in [0.29, 0.717) is 6.04 Å². The van der Waals surface area contributed by atoms with Crippen LogP contribution in [-0.4, -0.2) is 24.1 Å². The zero-order valence-electron chi connectivity index (χ0n) is 14.2. The Balaban J connectivity index is 1.72. The van der Waals surface area contributed by atoms with Crippen molar-refractivity contribution in [3.63, 3.8) is 0 Å². The lowest BCUT2D eigenvalue weighted by Crippen LogP contribution is -2.35. The molecular weight excluding hydrogens is 308 g/mol. The summed E-state index contributed by atoms with van der Waals surface area (Å²) in [4.78, 5) is 4.32. The fourth-order valence-electron chi connectivity index (χ4n) is 3.73. The van der Waals surface area contributed by atoms with Crippen LogP contribution in [0.3, 0.4) is 0 Å². The van der Waals surface area contributed by atoms with Gasteiger partial charge in [0.15, 0.2) is 0 Å². The average Bonchev–Trinajstić information content (AvgIpc) is 2.69. The molecule has 126 valence electrons. The lowest BCUT2D eigenvalue weighted by molar-refractivity contribution is 0.479. The minimum atomic E-state index is 0.255. The Morgan fingerprint density at radius 3 is 2.96 bits per heavy atom. The minimum absolute atomic E-state index is 0.255. The molecule has 4 rings (SSSR count). The molecule has 1 fully saturated rings. The molecule has 2 N–H and O–H groups in total. The van der Waals surface area contributed by atoms with Gasteiger partial charge in [-0.2, -0.15) is 5.26 Å². The molecule has 0 bridgehead atoms. The monoisotopic (exact) mass is 330 g/mol. The summed E-state index contributed by atoms with van der Waals surface area (Å²) in [6.07, 6.45) is 13.1. The van der Waals surface area contributed by atoms with Crippen LogP contribution in [0.4, 0.5) is 5.69 Å². The molecule has 1 saturated heterocycles. The minimum Gasteiger partial charge on any atom is -0.382 e. The Bertz CT molecular complexity index is 869. The molecule has 1 aliphatic carbocycles. The molecule has 0 saturated carbocycles. The van der Waals surface area contributed by atoms with E-state index in [0.717, 1.165) is 43.6 Å². The van der Waals surface area contributed by atoms with E-state index in [1.807, 2.05) is 18.5 Å². The van der Waals surface area contributed by atoms with Gasteiger partial charge >= 0.3 is 0 Å². The normalized spacial score (nSPS) is 20.9. The lowest BCUT2D eigenvalue weighted by Gasteiger charge is -2.26. The third-order valence-corrected chi connectivity index (χ3v) is 5.10. The van der Waals surface area contributed by atoms with E-state index in [9.17, 15) is 5.26 Å². The van der Waals surface area contributed by atoms with Crippen LogP contribution in [-0.2, 0) is 0 Å². The maximum atomic E-state index is 9.20. The Kier molecular flexibility index (Phi) is 4.49. The van der Waals surface area contributed by atoms with Gasteiger partial charge in [0.2, 0.25) is 0 Å². The van der Waals surface area contributed by atoms with Gasteiger partial charge in [-0.25, -0.2) is 0 Å². The SMILES string of the molecule is N#CC1=CC(c2cc(NC3CCNCC3)c3cnccc3c2)CC=C1. The second-order valence-electron chi connectivity index (χ2n) is 6.81. The number of nitrogens with one attached hydrogen (secondary N) is 2. The molecular formula is C21H22N4. The van der Waals surface area contributed by atoms with E-state index in [2.05, 4.69) is 52.0 Å². The Morgan fingerprint density at radius 1 is 1.24 bits per heavy atom. The molecule has 25 heavy (non-hydrogen) atoms. The topological polar surface area (TPSA) is 60.7 Å². The number of aromatic nitrogens is 1. The number of hydrogen-bond acceptors (Lipinski definition) is 4. The molecule has 4 heteroatoms. The molecule has 2 aliphatic rings. The van der Waals surface area contributed by atoms with Gasteiger partial charge in [0.05, 0.1) is 6.07 Å². The number of hydrogen-bond donors (Lipinski definition) is 2. The van der Waals surface area contributed by atoms with Crippen LogP contribution in [0.1, 0.15) is 30.7 Å². The number of fused-ring (bicyclic) bond motifs is 1. The predicted molar refractivity (Wildman–Crippen MR) is 101 cm³/mol. The molecule has 4 nitrogen and oxygen atoms in total. The third-order valence-electron chi connectivity index (χ3n) is 5.10. The summed E-state index contributed by atoms with van der Waals surface area (Å²) in [7, 11) is 0. The van der Waals surface area contributed by atoms with Crippen molar-refractivity contribution in [2.24, 2.45) is 0 Å². The van der Waals surface area contributed by atoms with Crippen molar-refractivity contribution in [1.82, 2.24) is 10.3 Å². The first-order chi connectivity index (χ1) is 12.3. The fourth-order valence-corrected chi connectivity index (χ4v) is 3.73. The van der Waals surface area contributed by atoms with E-state index >= 15 is 0 Å². The largest absolute Gasteiger partial charge is 0.382 e. The molecule has 0 amide bonds. The highest BCUT2D eigenvalue weighted by Crippen LogP contribution is 2.34. The van der Waals surface area contributed by atoms with Crippen LogP contribution in [0.5, 0.6) is 0 Å². The van der Waals surface area contributed by atoms with E-state index in [1.54, 1.807) is 0 Å². The molecule has 0 spiro atoms. The maximum Gasteiger partial charge on any atom is 0.0988 e. The first-order valence-corrected chi connectivity index (χ1v) is 8.97. The molecule has 2 aromatic rings. The van der Waals surface area contributed by atoms with Crippen molar-refractivity contribution in [1.29, 1.82) is 5.26 Å². The van der Waals surface area contributed by atoms with Gasteiger partial charge in [-0.1, -0.05) is 18.2 Å². The van der Waals surface area contributed by atoms with E-state index < -0.39 is 0 Å². The molecule has 1 atom stereocenters. The highest BCUT2D eigenvalue weighted by atomic mass is 15.0. The lowest BCUT2D eigenvalue weighted by atomic mass is 9.88. The second kappa shape index (κ2) is 7.08. The maximum absolute atomic E-state index is 9.20. The van der Waals surface area contributed by atoms with Gasteiger partial charge in [-0.15, -0.1) is 0 Å². The van der Waals surface area contributed by atoms with Gasteiger partial charge in [-0.05, 0) is 61.5 Å². The van der Waals surface area contributed by atoms with Gasteiger partial charge < -0.3 is 10.6 Å². The van der Waals surface area contributed by atoms with E-state index in [1.165, 1.54) is 16.3 Å². The Hall–Kier alpha value is -2.64. The number of nitrogens with zero attached hydrogens (tertiary/aromatic N) is 2. The van der Waals surface area contributed by atoms with Crippen LogP contribution in [0, 0.1) is 11.3 Å². The van der Waals surface area contributed by atoms with Gasteiger partial charge in [0, 0.05) is 41.0 Å². The highest BCUT2D eigenvalue weighted by Gasteiger charge is 2.17. The Labute approximate surface area is 148 Å². The van der Waals surface area contributed by atoms with E-state index in [-0.39, 0.29) is 5.92 Å². The van der Waals surface area contributed by atoms with Crippen molar-refractivity contribution >= 4 is 16.5 Å². The second-order valence-corrected chi connectivity index (χ2v) is 6.81. The smallest absolute Gasteiger partial charge is 0.0988 e. The van der Waals surface area contributed by atoms with Crippen molar-refractivity contribution in [3.8, 4) is 6.07 Å². The fraction of sp³-hybridized carbons (Fsp3) is 0.333. The number of rotatable bonds is 3. The first-order valence-electron chi connectivity index (χ1n) is 8.97. The summed E-state index contributed by atoms with van der Waals surface area (Å²) in [5, 5.41) is 18.7. The number of allylic oxidation sites excluding steroid dienone is 4. The van der Waals surface area contributed by atoms with Crippen LogP contribution in [0.15, 0.2) is 54.4 Å². The zero-order chi connectivity index (χ0) is 17.1. The summed E-state index contributed by atoms with van der Waals surface area (Å²) in [6.45, 7) is 2.13. The van der Waals surface area contributed by atoms with Gasteiger partial charge in [-0.3, -0.25) is 4.98 Å². The number of benzene rings is 1. The van der Waals surface area contributed by atoms with Crippen LogP contribution in [0.25, 0.3) is 10.8 Å². The average molecular weight is 330 g/mol. The summed E-state index contributed by atoms with van der Waals surface area (Å²) in [6, 6.07) is 9.32. The summed E-state index contributed by atoms with van der Waals surface area (Å²) >= 11 is 0. The van der Waals surface area contributed by atoms with E-state index in [4.69, 9.17) is 0 Å². The zero-order valence-corrected chi connectivity index (χ0v) is 14.2. The molecule has 1 aromatic carbocycles. The predicted octanol–water partition coefficient (Wildman–Crippen LogP) is 3.89. The van der Waals surface area contributed by atoms with Crippen molar-refractivity contribution < 1.29 is 0 Å². The quantitative estimate of drug-likeness (QED) is 0.896. The van der Waals surface area contributed by atoms with Crippen molar-refractivity contribution in [2.75, 3.05) is 18.4 Å². The number of anilines is 1. The van der Waals surface area contributed by atoms with Crippen LogP contribution < -0.4 is 10.6 Å². The molecule has 1 aromatic heterocycles. The number of pyridine rings is 1. The summed E-state index contributed by atoms with van der Waals surface area (Å²) in [5.41, 5.74) is 3.17. The standard InChI is InChI=1S/C21H22N4/c22-13-15-2-1-3-16(10-15)18-11-17-4-7-24-14-20(17)21(12-18)25-19-5-8-23-9-6-19/h1-2,4,7,10-12,14,16,19,23,25H,3,5-6,8-9H2. The number of nitriles is 1. The molecule has 1 unspecified atom stereocenters. The first kappa shape index (κ1) is 15.9. The Morgan fingerprint density at radius 2 is 2.12 bits per heavy atom. The van der Waals surface area contributed by atoms with Gasteiger partial charge in [0.25, 0.3) is 0 Å². The highest BCUT2D eigenvalue weighted by molar-refractivity contribution is 5.94. The summed E-state index contributed by atoms with van der Waals surface area (Å²) in [5.74, 6) is 0.255. The molecule has 0 radical (unpaired) electrons. The van der Waals surface area contributed by atoms with Gasteiger partial charge in [0.1, 0.15) is 0 Å². The molecule has 2 heterocycles. The summed E-state index contributed by atoms with van der Waals surface area (Å²) < 4.78 is 0.